The minimum Gasteiger partial charge on any atom is -0.461 e. The van der Waals surface area contributed by atoms with Gasteiger partial charge in [0.2, 0.25) is 5.91 Å². The number of esters is 1. The van der Waals surface area contributed by atoms with E-state index in [0.29, 0.717) is 10.5 Å². The van der Waals surface area contributed by atoms with E-state index >= 15 is 0 Å². The van der Waals surface area contributed by atoms with Crippen LogP contribution >= 0.6 is 11.8 Å². The van der Waals surface area contributed by atoms with Crippen LogP contribution in [-0.4, -0.2) is 53.0 Å². The second-order valence-electron chi connectivity index (χ2n) is 8.41. The quantitative estimate of drug-likeness (QED) is 0.230. The molecule has 0 aliphatic carbocycles. The van der Waals surface area contributed by atoms with Crippen molar-refractivity contribution in [3.05, 3.63) is 45.6 Å². The summed E-state index contributed by atoms with van der Waals surface area (Å²) in [5, 5.41) is 20.7. The molecule has 1 aromatic carbocycles. The lowest BCUT2D eigenvalue weighted by Crippen LogP contribution is -2.60. The molecule has 0 saturated carbocycles. The molecule has 1 fully saturated rings. The largest absolute Gasteiger partial charge is 0.461 e. The summed E-state index contributed by atoms with van der Waals surface area (Å²) in [6, 6.07) is 6.75. The molecule has 156 valence electrons. The highest BCUT2D eigenvalue weighted by molar-refractivity contribution is 8.09. The van der Waals surface area contributed by atoms with E-state index in [1.807, 2.05) is 0 Å². The van der Waals surface area contributed by atoms with Gasteiger partial charge in [-0.05, 0) is 18.5 Å². The number of rotatable bonds is 7. The zero-order valence-corrected chi connectivity index (χ0v) is 18.6. The van der Waals surface area contributed by atoms with Crippen molar-refractivity contribution in [2.45, 2.75) is 44.1 Å². The molecule has 1 saturated heterocycles. The van der Waals surface area contributed by atoms with E-state index in [4.69, 9.17) is 4.74 Å². The summed E-state index contributed by atoms with van der Waals surface area (Å²) >= 11 is 1.26. The summed E-state index contributed by atoms with van der Waals surface area (Å²) in [6.07, 6.45) is -0.857. The van der Waals surface area contributed by atoms with Gasteiger partial charge in [0, 0.05) is 25.1 Å². The van der Waals surface area contributed by atoms with Crippen LogP contribution in [0.3, 0.4) is 0 Å². The molecule has 2 aliphatic heterocycles. The number of nitro benzene ring substituents is 1. The summed E-state index contributed by atoms with van der Waals surface area (Å²) in [4.78, 5) is 37.9. The highest BCUT2D eigenvalue weighted by atomic mass is 32.2. The Morgan fingerprint density at radius 1 is 1.41 bits per heavy atom. The molecule has 3 rings (SSSR count). The molecule has 3 atom stereocenters. The van der Waals surface area contributed by atoms with Gasteiger partial charge in [-0.2, -0.15) is 0 Å². The molecule has 10 heteroatoms. The predicted octanol–water partition coefficient (Wildman–Crippen LogP) is 3.06. The summed E-state index contributed by atoms with van der Waals surface area (Å²) in [5.41, 5.74) is 0.487. The molecule has 8 nitrogen and oxygen atoms in total. The van der Waals surface area contributed by atoms with Crippen LogP contribution < -0.4 is 0 Å². The number of hydrogen-bond acceptors (Lipinski definition) is 7. The molecule has 0 bridgehead atoms. The molecule has 29 heavy (non-hydrogen) atoms. The molecule has 1 N–H and O–H groups in total. The monoisotopic (exact) mass is 436 g/mol. The van der Waals surface area contributed by atoms with Crippen LogP contribution in [0, 0.1) is 16.0 Å². The molecular formula is C19H24N2O6SSi. The van der Waals surface area contributed by atoms with Gasteiger partial charge in [-0.15, -0.1) is 0 Å². The van der Waals surface area contributed by atoms with E-state index in [1.54, 1.807) is 12.1 Å². The smallest absolute Gasteiger partial charge is 0.356 e. The number of fused-ring (bicyclic) bond motifs is 1. The zero-order chi connectivity index (χ0) is 21.5. The van der Waals surface area contributed by atoms with Crippen molar-refractivity contribution in [3.8, 4) is 0 Å². The van der Waals surface area contributed by atoms with Crippen LogP contribution in [0.15, 0.2) is 30.0 Å². The Balaban J connectivity index is 1.94. The highest BCUT2D eigenvalue weighted by Gasteiger charge is 2.58. The van der Waals surface area contributed by atoms with Gasteiger partial charge in [0.1, 0.15) is 11.1 Å². The third kappa shape index (κ3) is 4.24. The third-order valence-electron chi connectivity index (χ3n) is 4.90. The van der Waals surface area contributed by atoms with E-state index < -0.39 is 36.4 Å². The van der Waals surface area contributed by atoms with Gasteiger partial charge in [0.25, 0.3) is 5.69 Å². The van der Waals surface area contributed by atoms with Crippen molar-refractivity contribution in [2.75, 3.05) is 6.61 Å². The maximum atomic E-state index is 12.9. The van der Waals surface area contributed by atoms with Crippen molar-refractivity contribution >= 4 is 42.3 Å². The third-order valence-corrected chi connectivity index (χ3v) is 8.01. The number of nitrogens with zero attached hydrogens (tertiary/aromatic N) is 2. The average Bonchev–Trinajstić information content (AvgIpc) is 2.95. The first-order valence-corrected chi connectivity index (χ1v) is 13.9. The van der Waals surface area contributed by atoms with E-state index in [0.717, 1.165) is 6.04 Å². The van der Waals surface area contributed by atoms with Crippen LogP contribution in [0.2, 0.25) is 25.7 Å². The summed E-state index contributed by atoms with van der Waals surface area (Å²) in [6.45, 7) is 8.31. The number of β-lactam (4-membered cyclic amide) rings is 1. The SMILES string of the molecule is C[C@@H](O)[C@H]1C(=O)N2C(C(=O)OCC[Si](C)(C)C)=C(c3cccc([N+](=O)[O-])c3)S[C@H]12. The molecule has 0 spiro atoms. The zero-order valence-electron chi connectivity index (χ0n) is 16.7. The van der Waals surface area contributed by atoms with Crippen LogP contribution in [0.25, 0.3) is 4.91 Å². The Bertz CT molecular complexity index is 895. The van der Waals surface area contributed by atoms with Gasteiger partial charge >= 0.3 is 5.97 Å². The van der Waals surface area contributed by atoms with E-state index in [9.17, 15) is 24.8 Å². The number of hydrogen-bond donors (Lipinski definition) is 1. The lowest BCUT2D eigenvalue weighted by atomic mass is 9.92. The number of carbonyl (C=O) groups is 2. The Hall–Kier alpha value is -2.17. The van der Waals surface area contributed by atoms with Crippen LogP contribution in [0.4, 0.5) is 5.69 Å². The minimum atomic E-state index is -1.41. The van der Waals surface area contributed by atoms with Crippen molar-refractivity contribution in [3.63, 3.8) is 0 Å². The number of thioether (sulfide) groups is 1. The Morgan fingerprint density at radius 2 is 2.10 bits per heavy atom. The lowest BCUT2D eigenvalue weighted by Gasteiger charge is -2.43. The van der Waals surface area contributed by atoms with Crippen LogP contribution in [0.1, 0.15) is 12.5 Å². The molecule has 1 amide bonds. The topological polar surface area (TPSA) is 110 Å². The molecular weight excluding hydrogens is 412 g/mol. The molecule has 0 radical (unpaired) electrons. The van der Waals surface area contributed by atoms with E-state index in [-0.39, 0.29) is 23.9 Å². The number of nitro groups is 1. The summed E-state index contributed by atoms with van der Waals surface area (Å²) in [5.74, 6) is -1.58. The number of aliphatic hydroxyl groups is 1. The maximum Gasteiger partial charge on any atom is 0.356 e. The van der Waals surface area contributed by atoms with Gasteiger partial charge in [-0.3, -0.25) is 19.8 Å². The minimum absolute atomic E-state index is 0.102. The fourth-order valence-corrected chi connectivity index (χ4v) is 5.57. The van der Waals surface area contributed by atoms with Gasteiger partial charge in [-0.25, -0.2) is 4.79 Å². The molecule has 2 aliphatic rings. The average molecular weight is 437 g/mol. The van der Waals surface area contributed by atoms with Crippen molar-refractivity contribution in [1.29, 1.82) is 0 Å². The molecule has 2 heterocycles. The van der Waals surface area contributed by atoms with Crippen molar-refractivity contribution in [1.82, 2.24) is 4.90 Å². The maximum absolute atomic E-state index is 12.9. The standard InChI is InChI=1S/C19H24N2O6SSi/c1-11(22)14-17(23)20-15(19(24)27-8-9-29(2,3)4)16(28-18(14)20)12-6-5-7-13(10-12)21(25)26/h5-7,10-11,14,18,22H,8-9H2,1-4H3/t11-,14+,18-/m1/s1. The van der Waals surface area contributed by atoms with Gasteiger partial charge in [0.05, 0.1) is 23.6 Å². The second kappa shape index (κ2) is 7.92. The Labute approximate surface area is 174 Å². The van der Waals surface area contributed by atoms with Crippen LogP contribution in [-0.2, 0) is 14.3 Å². The van der Waals surface area contributed by atoms with Crippen molar-refractivity contribution < 1.29 is 24.4 Å². The first-order chi connectivity index (χ1) is 13.5. The van der Waals surface area contributed by atoms with E-state index in [1.165, 1.54) is 35.7 Å². The molecule has 1 aromatic rings. The highest BCUT2D eigenvalue weighted by Crippen LogP contribution is 2.54. The lowest BCUT2D eigenvalue weighted by molar-refractivity contribution is -0.384. The number of aliphatic hydroxyl groups excluding tert-OH is 1. The molecule has 0 unspecified atom stereocenters. The molecule has 0 aromatic heterocycles. The first kappa shape index (κ1) is 21.5. The first-order valence-electron chi connectivity index (χ1n) is 9.35. The summed E-state index contributed by atoms with van der Waals surface area (Å²) in [7, 11) is -1.41. The fourth-order valence-electron chi connectivity index (χ4n) is 3.26. The predicted molar refractivity (Wildman–Crippen MR) is 113 cm³/mol. The van der Waals surface area contributed by atoms with E-state index in [2.05, 4.69) is 19.6 Å². The van der Waals surface area contributed by atoms with Gasteiger partial charge in [0.15, 0.2) is 0 Å². The van der Waals surface area contributed by atoms with Crippen molar-refractivity contribution in [2.24, 2.45) is 5.92 Å². The number of non-ortho nitro benzene ring substituents is 1. The Morgan fingerprint density at radius 3 is 2.69 bits per heavy atom. The van der Waals surface area contributed by atoms with Gasteiger partial charge < -0.3 is 9.84 Å². The number of ether oxygens (including phenoxy) is 1. The Kier molecular flexibility index (Phi) is 5.88. The number of carbonyl (C=O) groups excluding carboxylic acids is 2. The second-order valence-corrected chi connectivity index (χ2v) is 15.2. The number of benzene rings is 1. The fraction of sp³-hybridized carbons (Fsp3) is 0.474. The number of amides is 1. The van der Waals surface area contributed by atoms with Gasteiger partial charge in [-0.1, -0.05) is 43.5 Å². The summed E-state index contributed by atoms with van der Waals surface area (Å²) < 4.78 is 5.46. The normalized spacial score (nSPS) is 22.2. The van der Waals surface area contributed by atoms with Crippen LogP contribution in [0.5, 0.6) is 0 Å².